The lowest BCUT2D eigenvalue weighted by molar-refractivity contribution is -0.385. The normalized spacial score (nSPS) is 11.6. The van der Waals surface area contributed by atoms with Gasteiger partial charge in [0.1, 0.15) is 11.4 Å². The van der Waals surface area contributed by atoms with Gasteiger partial charge in [0.25, 0.3) is 5.56 Å². The van der Waals surface area contributed by atoms with Gasteiger partial charge in [-0.3, -0.25) is 19.9 Å². The van der Waals surface area contributed by atoms with Crippen LogP contribution in [0.2, 0.25) is 0 Å². The van der Waals surface area contributed by atoms with Crippen molar-refractivity contribution < 1.29 is 15.1 Å². The van der Waals surface area contributed by atoms with Gasteiger partial charge in [-0.25, -0.2) is 5.43 Å². The monoisotopic (exact) mass is 348 g/mol. The Kier molecular flexibility index (Phi) is 4.68. The average Bonchev–Trinajstić information content (AvgIpc) is 2.47. The van der Waals surface area contributed by atoms with Crippen molar-refractivity contribution >= 4 is 17.9 Å². The number of aromatic nitrogens is 3. The Hall–Kier alpha value is -3.50. The van der Waals surface area contributed by atoms with E-state index in [0.29, 0.717) is 0 Å². The van der Waals surface area contributed by atoms with Gasteiger partial charge in [-0.15, -0.1) is 10.2 Å². The maximum Gasteiger partial charge on any atom is 0.311 e. The number of nitrogens with zero attached hydrogens (tertiary/aromatic N) is 4. The highest BCUT2D eigenvalue weighted by molar-refractivity contribution is 5.85. The van der Waals surface area contributed by atoms with Crippen molar-refractivity contribution in [2.75, 3.05) is 5.43 Å². The van der Waals surface area contributed by atoms with Crippen LogP contribution in [0.15, 0.2) is 22.0 Å². The molecule has 2 aromatic rings. The van der Waals surface area contributed by atoms with E-state index in [4.69, 9.17) is 0 Å². The SMILES string of the molecule is CC(C)(C)c1nnc(N/N=C/c2cc([N+](=O)[O-])c(O)cc2O)[nH]c1=O. The standard InChI is InChI=1S/C14H16N6O5/c1-14(2,3)11-12(23)16-13(19-17-11)18-15-6-7-4-8(20(24)25)10(22)5-9(7)21/h4-6,21-22H,1-3H3,(H2,16,18,19,23)/b15-6+. The molecule has 0 saturated heterocycles. The Morgan fingerprint density at radius 2 is 1.96 bits per heavy atom. The summed E-state index contributed by atoms with van der Waals surface area (Å²) in [4.78, 5) is 24.4. The average molecular weight is 348 g/mol. The van der Waals surface area contributed by atoms with E-state index in [-0.39, 0.29) is 17.2 Å². The van der Waals surface area contributed by atoms with Crippen molar-refractivity contribution in [3.8, 4) is 11.5 Å². The lowest BCUT2D eigenvalue weighted by atomic mass is 9.93. The summed E-state index contributed by atoms with van der Waals surface area (Å²) in [6.07, 6.45) is 1.07. The Morgan fingerprint density at radius 1 is 1.28 bits per heavy atom. The highest BCUT2D eigenvalue weighted by Crippen LogP contribution is 2.31. The Morgan fingerprint density at radius 3 is 2.52 bits per heavy atom. The third-order valence-corrected chi connectivity index (χ3v) is 3.10. The third kappa shape index (κ3) is 4.07. The number of benzene rings is 1. The predicted octanol–water partition coefficient (Wildman–Crippen LogP) is 1.23. The second-order valence-corrected chi connectivity index (χ2v) is 6.13. The third-order valence-electron chi connectivity index (χ3n) is 3.10. The summed E-state index contributed by atoms with van der Waals surface area (Å²) in [7, 11) is 0. The minimum atomic E-state index is -0.798. The molecule has 0 unspecified atom stereocenters. The molecule has 0 bridgehead atoms. The molecule has 0 radical (unpaired) electrons. The van der Waals surface area contributed by atoms with Gasteiger partial charge in [0.05, 0.1) is 11.1 Å². The smallest absolute Gasteiger partial charge is 0.311 e. The Balaban J connectivity index is 2.22. The Labute approximate surface area is 141 Å². The molecule has 132 valence electrons. The fraction of sp³-hybridized carbons (Fsp3) is 0.286. The van der Waals surface area contributed by atoms with Gasteiger partial charge in [-0.1, -0.05) is 20.8 Å². The van der Waals surface area contributed by atoms with Gasteiger partial charge in [0.15, 0.2) is 5.75 Å². The lowest BCUT2D eigenvalue weighted by Gasteiger charge is -2.15. The van der Waals surface area contributed by atoms with Crippen molar-refractivity contribution in [2.24, 2.45) is 5.10 Å². The zero-order chi connectivity index (χ0) is 18.8. The first-order valence-corrected chi connectivity index (χ1v) is 7.06. The number of aromatic amines is 1. The van der Waals surface area contributed by atoms with Crippen LogP contribution < -0.4 is 11.0 Å². The first kappa shape index (κ1) is 17.8. The van der Waals surface area contributed by atoms with Crippen molar-refractivity contribution in [1.29, 1.82) is 0 Å². The predicted molar refractivity (Wildman–Crippen MR) is 89.0 cm³/mol. The molecule has 0 saturated carbocycles. The van der Waals surface area contributed by atoms with Gasteiger partial charge in [-0.2, -0.15) is 5.10 Å². The summed E-state index contributed by atoms with van der Waals surface area (Å²) < 4.78 is 0. The molecule has 2 rings (SSSR count). The molecule has 11 heteroatoms. The quantitative estimate of drug-likeness (QED) is 0.363. The second-order valence-electron chi connectivity index (χ2n) is 6.13. The topological polar surface area (TPSA) is 167 Å². The summed E-state index contributed by atoms with van der Waals surface area (Å²) in [5.41, 5.74) is 1.16. The van der Waals surface area contributed by atoms with Crippen LogP contribution in [-0.4, -0.2) is 36.5 Å². The molecule has 0 fully saturated rings. The van der Waals surface area contributed by atoms with Crippen LogP contribution in [0.3, 0.4) is 0 Å². The van der Waals surface area contributed by atoms with E-state index < -0.39 is 33.1 Å². The highest BCUT2D eigenvalue weighted by atomic mass is 16.6. The number of nitrogens with one attached hydrogen (secondary N) is 2. The number of H-pyrrole nitrogens is 1. The van der Waals surface area contributed by atoms with Crippen molar-refractivity contribution in [2.45, 2.75) is 26.2 Å². The molecule has 0 aliphatic carbocycles. The maximum absolute atomic E-state index is 11.9. The highest BCUT2D eigenvalue weighted by Gasteiger charge is 2.20. The molecule has 0 aliphatic heterocycles. The van der Waals surface area contributed by atoms with E-state index in [2.05, 4.69) is 25.7 Å². The second kappa shape index (κ2) is 6.55. The summed E-state index contributed by atoms with van der Waals surface area (Å²) in [6.45, 7) is 5.45. The van der Waals surface area contributed by atoms with Gasteiger partial charge in [0.2, 0.25) is 5.95 Å². The number of hydrazone groups is 1. The van der Waals surface area contributed by atoms with Crippen LogP contribution in [0.4, 0.5) is 11.6 Å². The van der Waals surface area contributed by atoms with E-state index in [1.807, 2.05) is 20.8 Å². The molecule has 1 heterocycles. The van der Waals surface area contributed by atoms with Gasteiger partial charge in [-0.05, 0) is 0 Å². The Bertz CT molecular complexity index is 900. The van der Waals surface area contributed by atoms with E-state index in [9.17, 15) is 25.1 Å². The summed E-state index contributed by atoms with van der Waals surface area (Å²) in [5.74, 6) is -1.11. The van der Waals surface area contributed by atoms with Crippen molar-refractivity contribution in [3.63, 3.8) is 0 Å². The van der Waals surface area contributed by atoms with Gasteiger partial charge in [0, 0.05) is 23.1 Å². The van der Waals surface area contributed by atoms with Crippen LogP contribution >= 0.6 is 0 Å². The van der Waals surface area contributed by atoms with Crippen LogP contribution in [0.1, 0.15) is 32.0 Å². The van der Waals surface area contributed by atoms with Crippen LogP contribution in [-0.2, 0) is 5.41 Å². The number of hydrogen-bond donors (Lipinski definition) is 4. The summed E-state index contributed by atoms with van der Waals surface area (Å²) in [5, 5.41) is 41.2. The fourth-order valence-corrected chi connectivity index (χ4v) is 1.87. The maximum atomic E-state index is 11.9. The summed E-state index contributed by atoms with van der Waals surface area (Å²) in [6, 6.07) is 1.78. The molecule has 0 spiro atoms. The molecule has 0 amide bonds. The molecule has 4 N–H and O–H groups in total. The zero-order valence-corrected chi connectivity index (χ0v) is 13.6. The number of phenols is 2. The largest absolute Gasteiger partial charge is 0.507 e. The van der Waals surface area contributed by atoms with E-state index in [1.54, 1.807) is 0 Å². The molecule has 11 nitrogen and oxygen atoms in total. The van der Waals surface area contributed by atoms with Crippen molar-refractivity contribution in [3.05, 3.63) is 43.9 Å². The van der Waals surface area contributed by atoms with Crippen LogP contribution in [0, 0.1) is 10.1 Å². The molecule has 0 atom stereocenters. The minimum absolute atomic E-state index is 0.0152. The van der Waals surface area contributed by atoms with Gasteiger partial charge >= 0.3 is 5.69 Å². The summed E-state index contributed by atoms with van der Waals surface area (Å²) >= 11 is 0. The van der Waals surface area contributed by atoms with E-state index in [1.165, 1.54) is 0 Å². The first-order chi connectivity index (χ1) is 11.6. The number of hydrogen-bond acceptors (Lipinski definition) is 9. The van der Waals surface area contributed by atoms with Crippen LogP contribution in [0.25, 0.3) is 0 Å². The number of aromatic hydroxyl groups is 2. The fourth-order valence-electron chi connectivity index (χ4n) is 1.87. The number of rotatable bonds is 4. The van der Waals surface area contributed by atoms with E-state index >= 15 is 0 Å². The first-order valence-electron chi connectivity index (χ1n) is 7.06. The molecular formula is C14H16N6O5. The molecule has 1 aromatic heterocycles. The molecular weight excluding hydrogens is 332 g/mol. The number of nitro benzene ring substituents is 1. The minimum Gasteiger partial charge on any atom is -0.507 e. The van der Waals surface area contributed by atoms with Crippen LogP contribution in [0.5, 0.6) is 11.5 Å². The molecule has 1 aromatic carbocycles. The van der Waals surface area contributed by atoms with Crippen molar-refractivity contribution in [1.82, 2.24) is 15.2 Å². The zero-order valence-electron chi connectivity index (χ0n) is 13.6. The number of nitro groups is 1. The van der Waals surface area contributed by atoms with Gasteiger partial charge < -0.3 is 10.2 Å². The molecule has 0 aliphatic rings. The number of phenolic OH excluding ortho intramolecular Hbond substituents is 2. The number of anilines is 1. The molecule has 25 heavy (non-hydrogen) atoms. The van der Waals surface area contributed by atoms with E-state index in [0.717, 1.165) is 18.3 Å². The lowest BCUT2D eigenvalue weighted by Crippen LogP contribution is -2.28.